The Bertz CT molecular complexity index is 433. The zero-order valence-electron chi connectivity index (χ0n) is 6.98. The van der Waals surface area contributed by atoms with Gasteiger partial charge >= 0.3 is 5.65 Å². The molecule has 62 valence electrons. The van der Waals surface area contributed by atoms with Crippen molar-refractivity contribution in [2.75, 3.05) is 0 Å². The number of nitrogens with zero attached hydrogens (tertiary/aromatic N) is 3. The minimum atomic E-state index is 0.606. The molecule has 12 heavy (non-hydrogen) atoms. The molecule has 0 amide bonds. The predicted octanol–water partition coefficient (Wildman–Crippen LogP) is 0.515. The van der Waals surface area contributed by atoms with E-state index in [2.05, 4.69) is 5.10 Å². The maximum absolute atomic E-state index is 11.3. The van der Waals surface area contributed by atoms with Crippen molar-refractivity contribution in [3.8, 4) is 0 Å². The van der Waals surface area contributed by atoms with Crippen LogP contribution in [0.3, 0.4) is 0 Å². The first-order valence-corrected chi connectivity index (χ1v) is 3.71. The molecule has 0 spiro atoms. The molecule has 2 aromatic rings. The van der Waals surface area contributed by atoms with Gasteiger partial charge < -0.3 is 5.21 Å². The van der Waals surface area contributed by atoms with Gasteiger partial charge in [0.2, 0.25) is 0 Å². The molecule has 4 heteroatoms. The largest absolute Gasteiger partial charge is 0.711 e. The Labute approximate surface area is 69.6 Å². The topological polar surface area (TPSA) is 44.8 Å². The summed E-state index contributed by atoms with van der Waals surface area (Å²) in [6, 6.07) is 3.62. The van der Waals surface area contributed by atoms with Crippen molar-refractivity contribution in [1.82, 2.24) is 9.78 Å². The van der Waals surface area contributed by atoms with Crippen molar-refractivity contribution >= 4 is 11.0 Å². The average Bonchev–Trinajstić information content (AvgIpc) is 2.29. The van der Waals surface area contributed by atoms with E-state index in [1.54, 1.807) is 17.8 Å². The Hall–Kier alpha value is -1.58. The lowest BCUT2D eigenvalue weighted by molar-refractivity contribution is -0.580. The van der Waals surface area contributed by atoms with Crippen LogP contribution in [0.2, 0.25) is 0 Å². The Kier molecular flexibility index (Phi) is 1.30. The van der Waals surface area contributed by atoms with Crippen molar-refractivity contribution < 1.29 is 4.73 Å². The van der Waals surface area contributed by atoms with Crippen molar-refractivity contribution in [3.63, 3.8) is 0 Å². The quantitative estimate of drug-likeness (QED) is 0.419. The summed E-state index contributed by atoms with van der Waals surface area (Å²) in [5.41, 5.74) is 1.49. The smallest absolute Gasteiger partial charge is 0.314 e. The minimum absolute atomic E-state index is 0.606. The third kappa shape index (κ3) is 0.777. The van der Waals surface area contributed by atoms with E-state index in [1.165, 1.54) is 6.20 Å². The van der Waals surface area contributed by atoms with Gasteiger partial charge in [0, 0.05) is 0 Å². The molecule has 0 saturated heterocycles. The summed E-state index contributed by atoms with van der Waals surface area (Å²) < 4.78 is 2.42. The molecular formula is C8H9N3O. The van der Waals surface area contributed by atoms with Crippen LogP contribution >= 0.6 is 0 Å². The molecular weight excluding hydrogens is 154 g/mol. The van der Waals surface area contributed by atoms with Crippen molar-refractivity contribution in [2.45, 2.75) is 6.92 Å². The van der Waals surface area contributed by atoms with Crippen LogP contribution < -0.4 is 4.73 Å². The molecule has 0 aliphatic carbocycles. The molecule has 0 saturated carbocycles. The van der Waals surface area contributed by atoms with Gasteiger partial charge in [0.1, 0.15) is 7.05 Å². The summed E-state index contributed by atoms with van der Waals surface area (Å²) in [5.74, 6) is 0. The van der Waals surface area contributed by atoms with E-state index in [9.17, 15) is 5.21 Å². The van der Waals surface area contributed by atoms with E-state index < -0.39 is 0 Å². The van der Waals surface area contributed by atoms with E-state index in [1.807, 2.05) is 13.0 Å². The molecule has 4 nitrogen and oxygen atoms in total. The molecule has 0 N–H and O–H groups in total. The Morgan fingerprint density at radius 3 is 3.00 bits per heavy atom. The van der Waals surface area contributed by atoms with Crippen LogP contribution in [0.15, 0.2) is 18.3 Å². The molecule has 0 bridgehead atoms. The van der Waals surface area contributed by atoms with Gasteiger partial charge in [0.05, 0.1) is 17.3 Å². The number of aromatic nitrogens is 3. The fourth-order valence-corrected chi connectivity index (χ4v) is 1.41. The van der Waals surface area contributed by atoms with Gasteiger partial charge in [-0.25, -0.2) is 4.73 Å². The number of hydrogen-bond acceptors (Lipinski definition) is 2. The van der Waals surface area contributed by atoms with Gasteiger partial charge in [-0.3, -0.25) is 0 Å². The summed E-state index contributed by atoms with van der Waals surface area (Å²) in [4.78, 5) is 0. The molecule has 2 rings (SSSR count). The van der Waals surface area contributed by atoms with Crippen LogP contribution in [-0.4, -0.2) is 9.78 Å². The fourth-order valence-electron chi connectivity index (χ4n) is 1.41. The minimum Gasteiger partial charge on any atom is -0.711 e. The van der Waals surface area contributed by atoms with Gasteiger partial charge in [0.25, 0.3) is 0 Å². The Balaban J connectivity index is 2.99. The zero-order chi connectivity index (χ0) is 8.72. The van der Waals surface area contributed by atoms with Gasteiger partial charge in [-0.2, -0.15) is 0 Å². The molecule has 0 aromatic carbocycles. The second kappa shape index (κ2) is 2.20. The second-order valence-electron chi connectivity index (χ2n) is 2.78. The van der Waals surface area contributed by atoms with Crippen molar-refractivity contribution in [2.24, 2.45) is 7.05 Å². The lowest BCUT2D eigenvalue weighted by Gasteiger charge is -2.00. The van der Waals surface area contributed by atoms with Crippen LogP contribution in [0.1, 0.15) is 5.69 Å². The monoisotopic (exact) mass is 163 g/mol. The normalized spacial score (nSPS) is 10.8. The first-order chi connectivity index (χ1) is 5.70. The van der Waals surface area contributed by atoms with Crippen LogP contribution in [0, 0.1) is 12.1 Å². The maximum atomic E-state index is 11.3. The zero-order valence-corrected chi connectivity index (χ0v) is 6.98. The van der Waals surface area contributed by atoms with E-state index in [-0.39, 0.29) is 0 Å². The van der Waals surface area contributed by atoms with Crippen LogP contribution in [-0.2, 0) is 7.05 Å². The van der Waals surface area contributed by atoms with Crippen LogP contribution in [0.4, 0.5) is 0 Å². The number of pyridine rings is 1. The summed E-state index contributed by atoms with van der Waals surface area (Å²) >= 11 is 0. The van der Waals surface area contributed by atoms with Gasteiger partial charge in [0.15, 0.2) is 0 Å². The van der Waals surface area contributed by atoms with E-state index >= 15 is 0 Å². The second-order valence-corrected chi connectivity index (χ2v) is 2.78. The number of rotatable bonds is 0. The van der Waals surface area contributed by atoms with Crippen molar-refractivity contribution in [1.29, 1.82) is 0 Å². The van der Waals surface area contributed by atoms with E-state index in [0.29, 0.717) is 5.65 Å². The van der Waals surface area contributed by atoms with E-state index in [0.717, 1.165) is 15.8 Å². The first kappa shape index (κ1) is 7.09. The van der Waals surface area contributed by atoms with Crippen LogP contribution in [0.5, 0.6) is 0 Å². The first-order valence-electron chi connectivity index (χ1n) is 3.71. The van der Waals surface area contributed by atoms with E-state index in [4.69, 9.17) is 0 Å². The molecule has 0 aliphatic rings. The summed E-state index contributed by atoms with van der Waals surface area (Å²) in [6.07, 6.45) is 1.48. The van der Waals surface area contributed by atoms with Gasteiger partial charge in [-0.05, 0) is 19.1 Å². The van der Waals surface area contributed by atoms with Gasteiger partial charge in [-0.1, -0.05) is 5.10 Å². The summed E-state index contributed by atoms with van der Waals surface area (Å²) in [5, 5.41) is 16.3. The average molecular weight is 163 g/mol. The highest BCUT2D eigenvalue weighted by atomic mass is 16.5. The van der Waals surface area contributed by atoms with Crippen molar-refractivity contribution in [3.05, 3.63) is 29.2 Å². The maximum Gasteiger partial charge on any atom is 0.314 e. The SMILES string of the molecule is Cc1nn(C)c2c1ccc[n+]2[O-]. The molecule has 0 atom stereocenters. The lowest BCUT2D eigenvalue weighted by Crippen LogP contribution is -2.27. The highest BCUT2D eigenvalue weighted by molar-refractivity contribution is 5.75. The highest BCUT2D eigenvalue weighted by Gasteiger charge is 2.11. The molecule has 2 heterocycles. The standard InChI is InChI=1S/C8H9N3O/c1-6-7-4-3-5-11(12)8(7)10(2)9-6/h3-5H,1-2H3. The number of aryl methyl sites for hydroxylation is 2. The third-order valence-electron chi connectivity index (χ3n) is 1.93. The molecule has 0 radical (unpaired) electrons. The van der Waals surface area contributed by atoms with Gasteiger partial charge in [-0.15, -0.1) is 4.68 Å². The molecule has 0 aliphatic heterocycles. The Morgan fingerprint density at radius 2 is 2.33 bits per heavy atom. The highest BCUT2D eigenvalue weighted by Crippen LogP contribution is 2.11. The Morgan fingerprint density at radius 1 is 1.58 bits per heavy atom. The number of hydrogen-bond donors (Lipinski definition) is 0. The summed E-state index contributed by atoms with van der Waals surface area (Å²) in [7, 11) is 1.77. The lowest BCUT2D eigenvalue weighted by atomic mass is 10.3. The number of fused-ring (bicyclic) bond motifs is 1. The predicted molar refractivity (Wildman–Crippen MR) is 44.4 cm³/mol. The summed E-state index contributed by atoms with van der Waals surface area (Å²) in [6.45, 7) is 1.89. The fraction of sp³-hybridized carbons (Fsp3) is 0.250. The van der Waals surface area contributed by atoms with Crippen LogP contribution in [0.25, 0.3) is 11.0 Å². The third-order valence-corrected chi connectivity index (χ3v) is 1.93. The molecule has 0 fully saturated rings. The molecule has 2 aromatic heterocycles. The molecule has 0 unspecified atom stereocenters.